The summed E-state index contributed by atoms with van der Waals surface area (Å²) in [7, 11) is 0. The predicted molar refractivity (Wildman–Crippen MR) is 125 cm³/mol. The van der Waals surface area contributed by atoms with E-state index in [9.17, 15) is 4.79 Å². The third-order valence-electron chi connectivity index (χ3n) is 6.05. The van der Waals surface area contributed by atoms with Crippen molar-refractivity contribution in [2.45, 2.75) is 52.7 Å². The van der Waals surface area contributed by atoms with Crippen molar-refractivity contribution in [1.29, 1.82) is 0 Å². The molecule has 0 radical (unpaired) electrons. The molecule has 1 aromatic carbocycles. The number of aromatic nitrogens is 3. The highest BCUT2D eigenvalue weighted by Gasteiger charge is 2.24. The normalized spacial score (nSPS) is 16.6. The Morgan fingerprint density at radius 1 is 1.21 bits per heavy atom. The molecule has 5 rings (SSSR count). The quantitative estimate of drug-likeness (QED) is 0.587. The van der Waals surface area contributed by atoms with Crippen LogP contribution in [0.4, 0.5) is 0 Å². The van der Waals surface area contributed by atoms with E-state index < -0.39 is 0 Å². The molecular formula is C26H29N3O4. The first-order valence-corrected chi connectivity index (χ1v) is 11.5. The van der Waals surface area contributed by atoms with Crippen molar-refractivity contribution >= 4 is 0 Å². The molecule has 2 aromatic heterocycles. The van der Waals surface area contributed by atoms with Crippen molar-refractivity contribution in [3.8, 4) is 28.8 Å². The number of hydrogen-bond acceptors (Lipinski definition) is 6. The maximum Gasteiger partial charge on any atom is 0.351 e. The Bertz CT molecular complexity index is 1230. The molecule has 7 heteroatoms. The van der Waals surface area contributed by atoms with Gasteiger partial charge >= 0.3 is 5.69 Å². The summed E-state index contributed by atoms with van der Waals surface area (Å²) in [6.45, 7) is 7.98. The van der Waals surface area contributed by atoms with Crippen LogP contribution < -0.4 is 19.9 Å². The van der Waals surface area contributed by atoms with Crippen LogP contribution in [0.3, 0.4) is 0 Å². The second kappa shape index (κ2) is 8.54. The van der Waals surface area contributed by atoms with Gasteiger partial charge in [0.05, 0.1) is 5.69 Å². The fourth-order valence-electron chi connectivity index (χ4n) is 4.23. The Hall–Kier alpha value is -3.35. The Balaban J connectivity index is 1.33. The van der Waals surface area contributed by atoms with Gasteiger partial charge < -0.3 is 14.2 Å². The number of hydrogen-bond donors (Lipinski definition) is 0. The fourth-order valence-corrected chi connectivity index (χ4v) is 4.23. The molecule has 4 heterocycles. The topological polar surface area (TPSA) is 75.5 Å². The first kappa shape index (κ1) is 21.5. The summed E-state index contributed by atoms with van der Waals surface area (Å²) >= 11 is 0. The number of benzene rings is 1. The molecule has 0 aliphatic carbocycles. The lowest BCUT2D eigenvalue weighted by Crippen LogP contribution is -2.35. The van der Waals surface area contributed by atoms with Gasteiger partial charge in [-0.15, -0.1) is 0 Å². The van der Waals surface area contributed by atoms with Crippen molar-refractivity contribution < 1.29 is 14.2 Å². The van der Waals surface area contributed by atoms with Crippen molar-refractivity contribution in [2.75, 3.05) is 13.2 Å². The molecule has 0 spiro atoms. The lowest BCUT2D eigenvalue weighted by molar-refractivity contribution is 0.0486. The molecule has 0 saturated carbocycles. The lowest BCUT2D eigenvalue weighted by Gasteiger charge is -2.26. The van der Waals surface area contributed by atoms with Crippen LogP contribution in [0, 0.1) is 5.41 Å². The van der Waals surface area contributed by atoms with Gasteiger partial charge in [0.1, 0.15) is 13.2 Å². The highest BCUT2D eigenvalue weighted by atomic mass is 16.6. The number of nitrogens with zero attached hydrogens (tertiary/aromatic N) is 3. The van der Waals surface area contributed by atoms with Crippen molar-refractivity contribution in [2.24, 2.45) is 5.41 Å². The summed E-state index contributed by atoms with van der Waals surface area (Å²) in [4.78, 5) is 21.0. The Labute approximate surface area is 193 Å². The maximum absolute atomic E-state index is 12.7. The zero-order chi connectivity index (χ0) is 23.0. The summed E-state index contributed by atoms with van der Waals surface area (Å²) in [5.74, 6) is 1.38. The monoisotopic (exact) mass is 447 g/mol. The van der Waals surface area contributed by atoms with Crippen molar-refractivity contribution in [3.63, 3.8) is 0 Å². The zero-order valence-electron chi connectivity index (χ0n) is 19.3. The number of ether oxygens (including phenoxy) is 3. The zero-order valence-corrected chi connectivity index (χ0v) is 19.3. The minimum atomic E-state index is -0.306. The number of pyridine rings is 1. The molecule has 3 aromatic rings. The van der Waals surface area contributed by atoms with E-state index in [1.165, 1.54) is 11.1 Å². The number of rotatable bonds is 5. The minimum absolute atomic E-state index is 0.225. The molecule has 172 valence electrons. The average molecular weight is 448 g/mol. The summed E-state index contributed by atoms with van der Waals surface area (Å²) in [6, 6.07) is 12.0. The van der Waals surface area contributed by atoms with Gasteiger partial charge in [0, 0.05) is 24.4 Å². The molecule has 7 nitrogen and oxygen atoms in total. The first-order valence-electron chi connectivity index (χ1n) is 11.5. The van der Waals surface area contributed by atoms with E-state index in [2.05, 4.69) is 48.9 Å². The van der Waals surface area contributed by atoms with Crippen LogP contribution in [0.15, 0.2) is 47.4 Å². The van der Waals surface area contributed by atoms with E-state index in [4.69, 9.17) is 14.2 Å². The second-order valence-corrected chi connectivity index (χ2v) is 9.88. The van der Waals surface area contributed by atoms with E-state index in [1.807, 2.05) is 12.1 Å². The van der Waals surface area contributed by atoms with E-state index >= 15 is 0 Å². The summed E-state index contributed by atoms with van der Waals surface area (Å²) in [6.07, 6.45) is 4.37. The SMILES string of the molecule is CC(C)(C)CCc1ccc2c(c1)CCn1c-2cc(OCC2COc3ncccc3O2)nc1=O. The van der Waals surface area contributed by atoms with Crippen LogP contribution in [0.25, 0.3) is 11.3 Å². The van der Waals surface area contributed by atoms with Gasteiger partial charge in [-0.05, 0) is 47.9 Å². The van der Waals surface area contributed by atoms with Crippen LogP contribution in [-0.2, 0) is 19.4 Å². The van der Waals surface area contributed by atoms with Gasteiger partial charge in [0.25, 0.3) is 5.88 Å². The van der Waals surface area contributed by atoms with Gasteiger partial charge in [0.2, 0.25) is 5.88 Å². The number of aryl methyl sites for hydroxylation is 2. The van der Waals surface area contributed by atoms with Crippen LogP contribution in [0.2, 0.25) is 0 Å². The summed E-state index contributed by atoms with van der Waals surface area (Å²) in [5.41, 5.74) is 4.55. The van der Waals surface area contributed by atoms with Gasteiger partial charge in [0.15, 0.2) is 11.9 Å². The number of fused-ring (bicyclic) bond motifs is 4. The molecule has 33 heavy (non-hydrogen) atoms. The van der Waals surface area contributed by atoms with E-state index in [0.717, 1.165) is 30.5 Å². The second-order valence-electron chi connectivity index (χ2n) is 9.88. The van der Waals surface area contributed by atoms with Gasteiger partial charge in [-0.1, -0.05) is 39.0 Å². The molecule has 1 unspecified atom stereocenters. The van der Waals surface area contributed by atoms with E-state index in [0.29, 0.717) is 36.1 Å². The molecule has 2 aliphatic rings. The van der Waals surface area contributed by atoms with Crippen LogP contribution >= 0.6 is 0 Å². The van der Waals surface area contributed by atoms with E-state index in [-0.39, 0.29) is 18.4 Å². The van der Waals surface area contributed by atoms with E-state index in [1.54, 1.807) is 16.8 Å². The Morgan fingerprint density at radius 3 is 2.94 bits per heavy atom. The van der Waals surface area contributed by atoms with Crippen LogP contribution in [0.1, 0.15) is 38.3 Å². The van der Waals surface area contributed by atoms with Gasteiger partial charge in [-0.2, -0.15) is 4.98 Å². The predicted octanol–water partition coefficient (Wildman–Crippen LogP) is 4.06. The molecule has 0 saturated heterocycles. The van der Waals surface area contributed by atoms with Crippen molar-refractivity contribution in [1.82, 2.24) is 14.5 Å². The minimum Gasteiger partial charge on any atom is -0.478 e. The van der Waals surface area contributed by atoms with Crippen LogP contribution in [0.5, 0.6) is 17.5 Å². The molecule has 0 bridgehead atoms. The molecule has 2 aliphatic heterocycles. The summed E-state index contributed by atoms with van der Waals surface area (Å²) < 4.78 is 19.1. The first-order chi connectivity index (χ1) is 15.9. The molecule has 0 N–H and O–H groups in total. The highest BCUT2D eigenvalue weighted by molar-refractivity contribution is 5.67. The third-order valence-corrected chi connectivity index (χ3v) is 6.05. The molecule has 0 fully saturated rings. The summed E-state index contributed by atoms with van der Waals surface area (Å²) in [5, 5.41) is 0. The standard InChI is InChI=1S/C26H29N3O4/c1-26(2,3)10-8-17-6-7-20-18(13-17)9-12-29-21(20)14-23(28-25(29)30)31-15-19-16-32-24-22(33-19)5-4-11-27-24/h4-7,11,13-14,19H,8-10,12,15-16H2,1-3H3. The fraction of sp³-hybridized carbons (Fsp3) is 0.423. The molecular weight excluding hydrogens is 418 g/mol. The molecule has 1 atom stereocenters. The highest BCUT2D eigenvalue weighted by Crippen LogP contribution is 2.32. The average Bonchev–Trinajstić information content (AvgIpc) is 2.80. The largest absolute Gasteiger partial charge is 0.478 e. The smallest absolute Gasteiger partial charge is 0.351 e. The third kappa shape index (κ3) is 4.72. The maximum atomic E-state index is 12.7. The molecule has 0 amide bonds. The Morgan fingerprint density at radius 2 is 2.09 bits per heavy atom. The lowest BCUT2D eigenvalue weighted by atomic mass is 9.87. The van der Waals surface area contributed by atoms with Crippen molar-refractivity contribution in [3.05, 3.63) is 64.2 Å². The van der Waals surface area contributed by atoms with Crippen LogP contribution in [-0.4, -0.2) is 33.9 Å². The Kier molecular flexibility index (Phi) is 5.56. The van der Waals surface area contributed by atoms with Gasteiger partial charge in [-0.3, -0.25) is 4.57 Å². The van der Waals surface area contributed by atoms with Gasteiger partial charge in [-0.25, -0.2) is 9.78 Å².